The van der Waals surface area contributed by atoms with Gasteiger partial charge in [-0.15, -0.1) is 0 Å². The molecule has 4 aromatic rings. The molecule has 0 bridgehead atoms. The minimum absolute atomic E-state index is 0.0129. The number of aliphatic hydroxyl groups is 2. The maximum absolute atomic E-state index is 13.8. The van der Waals surface area contributed by atoms with Crippen LogP contribution < -0.4 is 10.1 Å². The number of nitrogens with one attached hydrogen (secondary N) is 1. The van der Waals surface area contributed by atoms with Crippen LogP contribution in [0.15, 0.2) is 42.5 Å². The summed E-state index contributed by atoms with van der Waals surface area (Å²) in [7, 11) is 0. The SMILES string of the molecule is Cc1cc(NC(=O)c2c(C)nc3c(OC[C@H](O)CO)cc(-c4ccccc4C(F)(F)F)nn23)cc(C)n1. The van der Waals surface area contributed by atoms with Gasteiger partial charge in [0.15, 0.2) is 17.1 Å². The van der Waals surface area contributed by atoms with Crippen molar-refractivity contribution in [2.75, 3.05) is 18.5 Å². The molecule has 0 radical (unpaired) electrons. The minimum Gasteiger partial charge on any atom is -0.487 e. The van der Waals surface area contributed by atoms with Crippen LogP contribution in [0.3, 0.4) is 0 Å². The molecule has 0 fully saturated rings. The fourth-order valence-corrected chi connectivity index (χ4v) is 3.89. The Bertz CT molecular complexity index is 1450. The monoisotopic (exact) mass is 515 g/mol. The summed E-state index contributed by atoms with van der Waals surface area (Å²) in [4.78, 5) is 21.9. The van der Waals surface area contributed by atoms with Crippen molar-refractivity contribution in [2.24, 2.45) is 0 Å². The van der Waals surface area contributed by atoms with Crippen molar-refractivity contribution >= 4 is 17.2 Å². The Morgan fingerprint density at radius 1 is 1.11 bits per heavy atom. The lowest BCUT2D eigenvalue weighted by Gasteiger charge is -2.15. The van der Waals surface area contributed by atoms with Crippen molar-refractivity contribution in [3.63, 3.8) is 0 Å². The zero-order chi connectivity index (χ0) is 26.9. The van der Waals surface area contributed by atoms with Crippen molar-refractivity contribution in [2.45, 2.75) is 33.1 Å². The highest BCUT2D eigenvalue weighted by Gasteiger charge is 2.34. The third kappa shape index (κ3) is 5.54. The largest absolute Gasteiger partial charge is 0.487 e. The molecule has 0 aliphatic carbocycles. The number of rotatable bonds is 7. The first-order valence-electron chi connectivity index (χ1n) is 11.2. The minimum atomic E-state index is -4.66. The fraction of sp³-hybridized carbons (Fsp3) is 0.280. The Hall–Kier alpha value is -4.03. The highest BCUT2D eigenvalue weighted by atomic mass is 19.4. The molecule has 0 spiro atoms. The number of aromatic nitrogens is 4. The normalized spacial score (nSPS) is 12.5. The molecule has 3 aromatic heterocycles. The average molecular weight is 515 g/mol. The molecule has 12 heteroatoms. The van der Waals surface area contributed by atoms with Crippen LogP contribution in [0.25, 0.3) is 16.9 Å². The third-order valence-corrected chi connectivity index (χ3v) is 5.43. The second kappa shape index (κ2) is 10.1. The first-order valence-corrected chi connectivity index (χ1v) is 11.2. The van der Waals surface area contributed by atoms with Crippen molar-refractivity contribution in [1.82, 2.24) is 19.6 Å². The number of amides is 1. The molecule has 1 amide bonds. The Balaban J connectivity index is 1.88. The van der Waals surface area contributed by atoms with Gasteiger partial charge in [-0.05, 0) is 39.0 Å². The first kappa shape index (κ1) is 26.0. The van der Waals surface area contributed by atoms with Gasteiger partial charge in [0.25, 0.3) is 5.91 Å². The first-order chi connectivity index (χ1) is 17.5. The topological polar surface area (TPSA) is 122 Å². The molecular weight excluding hydrogens is 491 g/mol. The second-order valence-electron chi connectivity index (χ2n) is 8.46. The summed E-state index contributed by atoms with van der Waals surface area (Å²) < 4.78 is 48.0. The summed E-state index contributed by atoms with van der Waals surface area (Å²) in [5, 5.41) is 26.0. The average Bonchev–Trinajstić information content (AvgIpc) is 3.16. The molecular formula is C25H24F3N5O4. The number of carbonyl (C=O) groups is 1. The van der Waals surface area contributed by atoms with Crippen molar-refractivity contribution < 1.29 is 32.9 Å². The van der Waals surface area contributed by atoms with Crippen LogP contribution in [0, 0.1) is 20.8 Å². The zero-order valence-electron chi connectivity index (χ0n) is 20.2. The summed E-state index contributed by atoms with van der Waals surface area (Å²) in [5.74, 6) is -0.614. The van der Waals surface area contributed by atoms with Crippen LogP contribution >= 0.6 is 0 Å². The van der Waals surface area contributed by atoms with Gasteiger partial charge in [-0.25, -0.2) is 9.50 Å². The number of aryl methyl sites for hydroxylation is 3. The van der Waals surface area contributed by atoms with Gasteiger partial charge in [-0.2, -0.15) is 18.3 Å². The molecule has 3 heterocycles. The molecule has 4 rings (SSSR count). The number of hydrogen-bond donors (Lipinski definition) is 3. The standard InChI is InChI=1S/C25H24F3N5O4/c1-13-8-16(9-14(2)29-13)31-24(36)22-15(3)30-23-21(37-12-17(35)11-34)10-20(32-33(22)23)18-6-4-5-7-19(18)25(26,27)28/h4-10,17,34-35H,11-12H2,1-3H3,(H,29,31,36)/t17-/m1/s1. The number of alkyl halides is 3. The molecule has 0 saturated heterocycles. The summed E-state index contributed by atoms with van der Waals surface area (Å²) in [5.41, 5.74) is 0.864. The van der Waals surface area contributed by atoms with Gasteiger partial charge in [-0.3, -0.25) is 9.78 Å². The van der Waals surface area contributed by atoms with Gasteiger partial charge >= 0.3 is 6.18 Å². The zero-order valence-corrected chi connectivity index (χ0v) is 20.2. The van der Waals surface area contributed by atoms with Crippen LogP contribution in [0.1, 0.15) is 33.1 Å². The Morgan fingerprint density at radius 3 is 2.43 bits per heavy atom. The number of fused-ring (bicyclic) bond motifs is 1. The van der Waals surface area contributed by atoms with E-state index in [9.17, 15) is 23.1 Å². The number of nitrogens with zero attached hydrogens (tertiary/aromatic N) is 4. The maximum atomic E-state index is 13.8. The van der Waals surface area contributed by atoms with Gasteiger partial charge in [0, 0.05) is 28.7 Å². The Kier molecular flexibility index (Phi) is 7.14. The number of carbonyl (C=O) groups excluding carboxylic acids is 1. The lowest BCUT2D eigenvalue weighted by atomic mass is 10.0. The fourth-order valence-electron chi connectivity index (χ4n) is 3.89. The lowest BCUT2D eigenvalue weighted by molar-refractivity contribution is -0.137. The summed E-state index contributed by atoms with van der Waals surface area (Å²) in [6.07, 6.45) is -5.90. The predicted molar refractivity (Wildman–Crippen MR) is 128 cm³/mol. The molecule has 1 aromatic carbocycles. The van der Waals surface area contributed by atoms with Gasteiger partial charge in [-0.1, -0.05) is 18.2 Å². The van der Waals surface area contributed by atoms with Crippen molar-refractivity contribution in [3.05, 3.63) is 70.8 Å². The highest BCUT2D eigenvalue weighted by Crippen LogP contribution is 2.37. The maximum Gasteiger partial charge on any atom is 0.417 e. The lowest BCUT2D eigenvalue weighted by Crippen LogP contribution is -2.22. The van der Waals surface area contributed by atoms with Gasteiger partial charge < -0.3 is 20.3 Å². The number of hydrogen-bond acceptors (Lipinski definition) is 7. The smallest absolute Gasteiger partial charge is 0.417 e. The van der Waals surface area contributed by atoms with Crippen LogP contribution in [0.5, 0.6) is 5.75 Å². The van der Waals surface area contributed by atoms with Crippen LogP contribution in [-0.4, -0.2) is 55.0 Å². The van der Waals surface area contributed by atoms with E-state index in [-0.39, 0.29) is 40.6 Å². The van der Waals surface area contributed by atoms with Gasteiger partial charge in [0.05, 0.1) is 23.6 Å². The summed E-state index contributed by atoms with van der Waals surface area (Å²) in [6, 6.07) is 9.49. The van der Waals surface area contributed by atoms with E-state index in [2.05, 4.69) is 20.4 Å². The number of ether oxygens (including phenoxy) is 1. The van der Waals surface area contributed by atoms with Crippen LogP contribution in [-0.2, 0) is 6.18 Å². The van der Waals surface area contributed by atoms with E-state index in [0.29, 0.717) is 17.1 Å². The van der Waals surface area contributed by atoms with Gasteiger partial charge in [0.1, 0.15) is 12.7 Å². The second-order valence-corrected chi connectivity index (χ2v) is 8.46. The van der Waals surface area contributed by atoms with E-state index < -0.39 is 30.4 Å². The predicted octanol–water partition coefficient (Wildman–Crippen LogP) is 3.72. The third-order valence-electron chi connectivity index (χ3n) is 5.43. The summed E-state index contributed by atoms with van der Waals surface area (Å²) >= 11 is 0. The highest BCUT2D eigenvalue weighted by molar-refractivity contribution is 6.04. The number of benzene rings is 1. The Morgan fingerprint density at radius 2 is 1.78 bits per heavy atom. The van der Waals surface area contributed by atoms with E-state index >= 15 is 0 Å². The molecule has 9 nitrogen and oxygen atoms in total. The number of halogens is 3. The summed E-state index contributed by atoms with van der Waals surface area (Å²) in [6.45, 7) is 4.16. The van der Waals surface area contributed by atoms with Crippen LogP contribution in [0.2, 0.25) is 0 Å². The molecule has 0 unspecified atom stereocenters. The Labute approximate surface area is 209 Å². The number of anilines is 1. The molecule has 37 heavy (non-hydrogen) atoms. The van der Waals surface area contributed by atoms with E-state index in [1.54, 1.807) is 32.9 Å². The molecule has 0 aliphatic rings. The number of imidazole rings is 1. The van der Waals surface area contributed by atoms with E-state index in [4.69, 9.17) is 9.84 Å². The van der Waals surface area contributed by atoms with E-state index in [0.717, 1.165) is 10.6 Å². The van der Waals surface area contributed by atoms with Crippen molar-refractivity contribution in [3.8, 4) is 17.0 Å². The molecule has 0 aliphatic heterocycles. The van der Waals surface area contributed by atoms with Crippen molar-refractivity contribution in [1.29, 1.82) is 0 Å². The number of aliphatic hydroxyl groups excluding tert-OH is 2. The molecule has 1 atom stereocenters. The van der Waals surface area contributed by atoms with Crippen LogP contribution in [0.4, 0.5) is 18.9 Å². The molecule has 3 N–H and O–H groups in total. The van der Waals surface area contributed by atoms with E-state index in [1.807, 2.05) is 0 Å². The number of pyridine rings is 1. The quantitative estimate of drug-likeness (QED) is 0.343. The van der Waals surface area contributed by atoms with E-state index in [1.165, 1.54) is 24.3 Å². The molecule has 0 saturated carbocycles. The molecule has 194 valence electrons. The van der Waals surface area contributed by atoms with Gasteiger partial charge in [0.2, 0.25) is 0 Å².